The second-order valence-corrected chi connectivity index (χ2v) is 4.12. The highest BCUT2D eigenvalue weighted by Gasteiger charge is 2.20. The molecule has 116 valence electrons. The van der Waals surface area contributed by atoms with Gasteiger partial charge in [-0.05, 0) is 19.1 Å². The SMILES string of the molecule is COc1cc(C(=O)NC(C)C(=O)NN)cc(OC)c1OC. The van der Waals surface area contributed by atoms with Crippen molar-refractivity contribution in [1.82, 2.24) is 10.7 Å². The number of carbonyl (C=O) groups excluding carboxylic acids is 2. The van der Waals surface area contributed by atoms with Gasteiger partial charge in [0.1, 0.15) is 6.04 Å². The highest BCUT2D eigenvalue weighted by atomic mass is 16.5. The lowest BCUT2D eigenvalue weighted by atomic mass is 10.1. The lowest BCUT2D eigenvalue weighted by molar-refractivity contribution is -0.122. The smallest absolute Gasteiger partial charge is 0.256 e. The van der Waals surface area contributed by atoms with Crippen molar-refractivity contribution in [3.8, 4) is 17.2 Å². The Hall–Kier alpha value is -2.48. The van der Waals surface area contributed by atoms with Crippen molar-refractivity contribution in [2.45, 2.75) is 13.0 Å². The Morgan fingerprint density at radius 3 is 2.00 bits per heavy atom. The molecule has 8 nitrogen and oxygen atoms in total. The number of methoxy groups -OCH3 is 3. The van der Waals surface area contributed by atoms with Gasteiger partial charge in [-0.25, -0.2) is 5.84 Å². The first-order chi connectivity index (χ1) is 9.98. The maximum absolute atomic E-state index is 12.1. The van der Waals surface area contributed by atoms with Gasteiger partial charge in [-0.1, -0.05) is 0 Å². The van der Waals surface area contributed by atoms with E-state index < -0.39 is 17.9 Å². The summed E-state index contributed by atoms with van der Waals surface area (Å²) in [7, 11) is 4.36. The van der Waals surface area contributed by atoms with Crippen LogP contribution < -0.4 is 30.8 Å². The van der Waals surface area contributed by atoms with Gasteiger partial charge in [0.15, 0.2) is 11.5 Å². The van der Waals surface area contributed by atoms with Crippen LogP contribution in [0.3, 0.4) is 0 Å². The van der Waals surface area contributed by atoms with E-state index in [4.69, 9.17) is 20.1 Å². The average Bonchev–Trinajstić information content (AvgIpc) is 2.51. The molecule has 1 aromatic rings. The summed E-state index contributed by atoms with van der Waals surface area (Å²) in [6.45, 7) is 1.51. The molecule has 8 heteroatoms. The first-order valence-corrected chi connectivity index (χ1v) is 6.09. The minimum atomic E-state index is -0.776. The quantitative estimate of drug-likeness (QED) is 0.381. The summed E-state index contributed by atoms with van der Waals surface area (Å²) in [5.41, 5.74) is 2.23. The standard InChI is InChI=1S/C13H19N3O5/c1-7(12(17)16-14)15-13(18)8-5-9(19-2)11(21-4)10(6-8)20-3/h5-7H,14H2,1-4H3,(H,15,18)(H,16,17). The molecule has 0 saturated heterocycles. The Kier molecular flexibility index (Phi) is 5.79. The number of benzene rings is 1. The van der Waals surface area contributed by atoms with E-state index in [0.29, 0.717) is 17.2 Å². The molecule has 4 N–H and O–H groups in total. The number of hydrazine groups is 1. The number of ether oxygens (including phenoxy) is 3. The lowest BCUT2D eigenvalue weighted by Crippen LogP contribution is -2.47. The Bertz CT molecular complexity index is 508. The highest BCUT2D eigenvalue weighted by Crippen LogP contribution is 2.38. The Morgan fingerprint density at radius 1 is 1.10 bits per heavy atom. The van der Waals surface area contributed by atoms with Crippen molar-refractivity contribution >= 4 is 11.8 Å². The zero-order valence-electron chi connectivity index (χ0n) is 12.4. The summed E-state index contributed by atoms with van der Waals surface area (Å²) in [4.78, 5) is 23.4. The van der Waals surface area contributed by atoms with E-state index in [2.05, 4.69) is 5.32 Å². The van der Waals surface area contributed by atoms with Crippen molar-refractivity contribution in [2.75, 3.05) is 21.3 Å². The van der Waals surface area contributed by atoms with Gasteiger partial charge in [-0.2, -0.15) is 0 Å². The summed E-state index contributed by atoms with van der Waals surface area (Å²) < 4.78 is 15.5. The van der Waals surface area contributed by atoms with Gasteiger partial charge in [0.25, 0.3) is 11.8 Å². The molecule has 0 bridgehead atoms. The zero-order chi connectivity index (χ0) is 16.0. The zero-order valence-corrected chi connectivity index (χ0v) is 12.4. The largest absolute Gasteiger partial charge is 0.493 e. The molecular formula is C13H19N3O5. The van der Waals surface area contributed by atoms with Gasteiger partial charge in [0.2, 0.25) is 5.75 Å². The van der Waals surface area contributed by atoms with Crippen molar-refractivity contribution in [3.63, 3.8) is 0 Å². The topological polar surface area (TPSA) is 112 Å². The fourth-order valence-electron chi connectivity index (χ4n) is 1.68. The van der Waals surface area contributed by atoms with Crippen LogP contribution in [0.2, 0.25) is 0 Å². The van der Waals surface area contributed by atoms with E-state index in [-0.39, 0.29) is 5.56 Å². The molecule has 0 fully saturated rings. The average molecular weight is 297 g/mol. The number of carbonyl (C=O) groups is 2. The first-order valence-electron chi connectivity index (χ1n) is 6.09. The van der Waals surface area contributed by atoms with Gasteiger partial charge >= 0.3 is 0 Å². The maximum Gasteiger partial charge on any atom is 0.256 e. The van der Waals surface area contributed by atoms with Crippen LogP contribution >= 0.6 is 0 Å². The fourth-order valence-corrected chi connectivity index (χ4v) is 1.68. The normalized spacial score (nSPS) is 11.3. The summed E-state index contributed by atoms with van der Waals surface area (Å²) in [5.74, 6) is 5.11. The number of nitrogens with two attached hydrogens (primary N) is 1. The van der Waals surface area contributed by atoms with Crippen LogP contribution in [0.1, 0.15) is 17.3 Å². The van der Waals surface area contributed by atoms with Crippen molar-refractivity contribution in [1.29, 1.82) is 0 Å². The molecule has 0 radical (unpaired) electrons. The molecule has 0 saturated carbocycles. The molecule has 0 aliphatic heterocycles. The van der Waals surface area contributed by atoms with Crippen LogP contribution in [0.25, 0.3) is 0 Å². The second-order valence-electron chi connectivity index (χ2n) is 4.12. The molecule has 0 aliphatic rings. The van der Waals surface area contributed by atoms with Crippen LogP contribution in [0.5, 0.6) is 17.2 Å². The Labute approximate surface area is 122 Å². The molecule has 0 spiro atoms. The molecule has 0 aromatic heterocycles. The summed E-state index contributed by atoms with van der Waals surface area (Å²) in [6.07, 6.45) is 0. The number of hydrogen-bond acceptors (Lipinski definition) is 6. The van der Waals surface area contributed by atoms with Gasteiger partial charge in [-0.15, -0.1) is 0 Å². The first kappa shape index (κ1) is 16.6. The maximum atomic E-state index is 12.1. The summed E-state index contributed by atoms with van der Waals surface area (Å²) >= 11 is 0. The fraction of sp³-hybridized carbons (Fsp3) is 0.385. The number of nitrogens with one attached hydrogen (secondary N) is 2. The molecule has 1 rings (SSSR count). The van der Waals surface area contributed by atoms with Crippen LogP contribution in [-0.2, 0) is 4.79 Å². The minimum Gasteiger partial charge on any atom is -0.493 e. The van der Waals surface area contributed by atoms with Gasteiger partial charge < -0.3 is 19.5 Å². The van der Waals surface area contributed by atoms with E-state index >= 15 is 0 Å². The molecule has 1 aromatic carbocycles. The van der Waals surface area contributed by atoms with Crippen molar-refractivity contribution in [2.24, 2.45) is 5.84 Å². The second kappa shape index (κ2) is 7.34. The van der Waals surface area contributed by atoms with Crippen LogP contribution in [0, 0.1) is 0 Å². The van der Waals surface area contributed by atoms with Crippen molar-refractivity contribution in [3.05, 3.63) is 17.7 Å². The van der Waals surface area contributed by atoms with E-state index in [1.54, 1.807) is 0 Å². The summed E-state index contributed by atoms with van der Waals surface area (Å²) in [5, 5.41) is 2.50. The lowest BCUT2D eigenvalue weighted by Gasteiger charge is -2.15. The van der Waals surface area contributed by atoms with E-state index in [1.807, 2.05) is 5.43 Å². The van der Waals surface area contributed by atoms with E-state index in [9.17, 15) is 9.59 Å². The van der Waals surface area contributed by atoms with Crippen LogP contribution in [-0.4, -0.2) is 39.2 Å². The molecule has 0 aliphatic carbocycles. The predicted molar refractivity (Wildman–Crippen MR) is 75.4 cm³/mol. The van der Waals surface area contributed by atoms with Crippen LogP contribution in [0.4, 0.5) is 0 Å². The molecule has 21 heavy (non-hydrogen) atoms. The van der Waals surface area contributed by atoms with Gasteiger partial charge in [0, 0.05) is 5.56 Å². The third kappa shape index (κ3) is 3.76. The number of hydrogen-bond donors (Lipinski definition) is 3. The monoisotopic (exact) mass is 297 g/mol. The molecule has 1 atom stereocenters. The minimum absolute atomic E-state index is 0.265. The molecular weight excluding hydrogens is 278 g/mol. The van der Waals surface area contributed by atoms with Crippen LogP contribution in [0.15, 0.2) is 12.1 Å². The van der Waals surface area contributed by atoms with Gasteiger partial charge in [-0.3, -0.25) is 15.0 Å². The Morgan fingerprint density at radius 2 is 1.62 bits per heavy atom. The van der Waals surface area contributed by atoms with E-state index in [1.165, 1.54) is 40.4 Å². The number of rotatable bonds is 6. The Balaban J connectivity index is 3.07. The van der Waals surface area contributed by atoms with E-state index in [0.717, 1.165) is 0 Å². The van der Waals surface area contributed by atoms with Gasteiger partial charge in [0.05, 0.1) is 21.3 Å². The number of amides is 2. The van der Waals surface area contributed by atoms with Crippen molar-refractivity contribution < 1.29 is 23.8 Å². The molecule has 1 unspecified atom stereocenters. The highest BCUT2D eigenvalue weighted by molar-refractivity contribution is 5.98. The third-order valence-corrected chi connectivity index (χ3v) is 2.81. The molecule has 0 heterocycles. The third-order valence-electron chi connectivity index (χ3n) is 2.81. The predicted octanol–water partition coefficient (Wildman–Crippen LogP) is -0.179. The summed E-state index contributed by atoms with van der Waals surface area (Å²) in [6, 6.07) is 2.20. The molecule has 2 amide bonds.